The smallest absolute Gasteiger partial charge is 0.115 e. The molecule has 1 fully saturated rings. The standard InChI is InChI=1S/C8H12FN/c1-8-3-2-4-10(8)6-7(9)5-8/h2-3,7H,4-6H2,1H3. The fraction of sp³-hybridized carbons (Fsp3) is 0.750. The molecule has 0 amide bonds. The molecule has 2 unspecified atom stereocenters. The van der Waals surface area contributed by atoms with E-state index in [1.54, 1.807) is 0 Å². The van der Waals surface area contributed by atoms with E-state index in [2.05, 4.69) is 24.0 Å². The van der Waals surface area contributed by atoms with E-state index in [0.29, 0.717) is 13.0 Å². The molecule has 0 saturated carbocycles. The lowest BCUT2D eigenvalue weighted by atomic mass is 10.0. The summed E-state index contributed by atoms with van der Waals surface area (Å²) in [7, 11) is 0. The molecule has 0 aromatic carbocycles. The van der Waals surface area contributed by atoms with Crippen LogP contribution in [0.1, 0.15) is 13.3 Å². The van der Waals surface area contributed by atoms with Crippen LogP contribution in [0.3, 0.4) is 0 Å². The fourth-order valence-corrected chi connectivity index (χ4v) is 1.98. The summed E-state index contributed by atoms with van der Waals surface area (Å²) < 4.78 is 12.8. The van der Waals surface area contributed by atoms with E-state index in [1.165, 1.54) is 0 Å². The zero-order valence-electron chi connectivity index (χ0n) is 6.18. The van der Waals surface area contributed by atoms with Crippen molar-refractivity contribution in [3.05, 3.63) is 12.2 Å². The van der Waals surface area contributed by atoms with Crippen LogP contribution in [-0.4, -0.2) is 29.7 Å². The van der Waals surface area contributed by atoms with Crippen molar-refractivity contribution in [3.8, 4) is 0 Å². The lowest BCUT2D eigenvalue weighted by Gasteiger charge is -2.25. The quantitative estimate of drug-likeness (QED) is 0.460. The van der Waals surface area contributed by atoms with Crippen LogP contribution in [0.25, 0.3) is 0 Å². The van der Waals surface area contributed by atoms with Gasteiger partial charge in [-0.15, -0.1) is 0 Å². The second-order valence-corrected chi connectivity index (χ2v) is 3.47. The second-order valence-electron chi connectivity index (χ2n) is 3.47. The van der Waals surface area contributed by atoms with Crippen molar-refractivity contribution in [2.45, 2.75) is 25.1 Å². The van der Waals surface area contributed by atoms with Gasteiger partial charge in [0.1, 0.15) is 6.17 Å². The number of hydrogen-bond donors (Lipinski definition) is 0. The molecule has 56 valence electrons. The number of hydrogen-bond acceptors (Lipinski definition) is 1. The molecule has 0 bridgehead atoms. The molecule has 0 N–H and O–H groups in total. The van der Waals surface area contributed by atoms with Crippen LogP contribution in [0.5, 0.6) is 0 Å². The molecule has 1 nitrogen and oxygen atoms in total. The molecule has 2 heteroatoms. The highest BCUT2D eigenvalue weighted by atomic mass is 19.1. The minimum Gasteiger partial charge on any atom is -0.288 e. The van der Waals surface area contributed by atoms with Crippen LogP contribution in [0.2, 0.25) is 0 Å². The molecule has 2 aliphatic rings. The number of alkyl halides is 1. The van der Waals surface area contributed by atoms with Crippen LogP contribution in [0.4, 0.5) is 4.39 Å². The van der Waals surface area contributed by atoms with E-state index in [9.17, 15) is 4.39 Å². The monoisotopic (exact) mass is 141 g/mol. The summed E-state index contributed by atoms with van der Waals surface area (Å²) in [5.41, 5.74) is 0.0550. The number of rotatable bonds is 0. The number of halogens is 1. The maximum absolute atomic E-state index is 12.8. The average Bonchev–Trinajstić information content (AvgIpc) is 2.20. The van der Waals surface area contributed by atoms with Gasteiger partial charge in [0.05, 0.1) is 0 Å². The van der Waals surface area contributed by atoms with E-state index < -0.39 is 6.17 Å². The maximum atomic E-state index is 12.8. The van der Waals surface area contributed by atoms with Crippen molar-refractivity contribution in [1.29, 1.82) is 0 Å². The zero-order valence-corrected chi connectivity index (χ0v) is 6.18. The van der Waals surface area contributed by atoms with Gasteiger partial charge in [-0.05, 0) is 6.92 Å². The van der Waals surface area contributed by atoms with Crippen molar-refractivity contribution >= 4 is 0 Å². The summed E-state index contributed by atoms with van der Waals surface area (Å²) in [6, 6.07) is 0. The minimum absolute atomic E-state index is 0.0550. The fourth-order valence-electron chi connectivity index (χ4n) is 1.98. The van der Waals surface area contributed by atoms with Crippen molar-refractivity contribution in [1.82, 2.24) is 4.90 Å². The molecule has 1 saturated heterocycles. The summed E-state index contributed by atoms with van der Waals surface area (Å²) in [5.74, 6) is 0. The zero-order chi connectivity index (χ0) is 7.19. The van der Waals surface area contributed by atoms with Crippen LogP contribution in [0, 0.1) is 0 Å². The van der Waals surface area contributed by atoms with Gasteiger partial charge in [-0.3, -0.25) is 4.90 Å². The van der Waals surface area contributed by atoms with E-state index in [0.717, 1.165) is 6.54 Å². The Morgan fingerprint density at radius 1 is 1.70 bits per heavy atom. The summed E-state index contributed by atoms with van der Waals surface area (Å²) in [4.78, 5) is 2.19. The average molecular weight is 141 g/mol. The molecule has 0 aliphatic carbocycles. The van der Waals surface area contributed by atoms with Gasteiger partial charge in [0.2, 0.25) is 0 Å². The van der Waals surface area contributed by atoms with E-state index in [4.69, 9.17) is 0 Å². The summed E-state index contributed by atoms with van der Waals surface area (Å²) >= 11 is 0. The van der Waals surface area contributed by atoms with Crippen molar-refractivity contribution < 1.29 is 4.39 Å². The highest BCUT2D eigenvalue weighted by molar-refractivity contribution is 5.17. The molecule has 0 spiro atoms. The molecule has 0 aromatic heterocycles. The Kier molecular flexibility index (Phi) is 1.15. The second kappa shape index (κ2) is 1.82. The van der Waals surface area contributed by atoms with Gasteiger partial charge in [0.25, 0.3) is 0 Å². The first-order valence-electron chi connectivity index (χ1n) is 3.77. The third-order valence-corrected chi connectivity index (χ3v) is 2.58. The third kappa shape index (κ3) is 0.717. The van der Waals surface area contributed by atoms with Gasteiger partial charge in [-0.1, -0.05) is 12.2 Å². The predicted molar refractivity (Wildman–Crippen MR) is 38.6 cm³/mol. The Bertz CT molecular complexity index is 178. The minimum atomic E-state index is -0.602. The molecule has 0 aromatic rings. The van der Waals surface area contributed by atoms with Crippen molar-refractivity contribution in [2.75, 3.05) is 13.1 Å². The van der Waals surface area contributed by atoms with Gasteiger partial charge in [-0.25, -0.2) is 4.39 Å². The normalized spacial score (nSPS) is 46.4. The molecule has 2 atom stereocenters. The lowest BCUT2D eigenvalue weighted by molar-refractivity contribution is 0.242. The van der Waals surface area contributed by atoms with Gasteiger partial charge < -0.3 is 0 Å². The van der Waals surface area contributed by atoms with Crippen LogP contribution >= 0.6 is 0 Å². The number of nitrogens with zero attached hydrogens (tertiary/aromatic N) is 1. The Hall–Kier alpha value is -0.370. The van der Waals surface area contributed by atoms with Crippen LogP contribution in [-0.2, 0) is 0 Å². The molecular formula is C8H12FN. The summed E-state index contributed by atoms with van der Waals surface area (Å²) in [5, 5.41) is 0. The predicted octanol–water partition coefficient (Wildman–Crippen LogP) is 1.36. The Morgan fingerprint density at radius 2 is 2.50 bits per heavy atom. The van der Waals surface area contributed by atoms with Crippen molar-refractivity contribution in [2.24, 2.45) is 0 Å². The molecular weight excluding hydrogens is 129 g/mol. The lowest BCUT2D eigenvalue weighted by Crippen LogP contribution is -2.34. The number of fused-ring (bicyclic) bond motifs is 1. The van der Waals surface area contributed by atoms with E-state index >= 15 is 0 Å². The van der Waals surface area contributed by atoms with Gasteiger partial charge in [-0.2, -0.15) is 0 Å². The third-order valence-electron chi connectivity index (χ3n) is 2.58. The van der Waals surface area contributed by atoms with Gasteiger partial charge in [0, 0.05) is 25.0 Å². The highest BCUT2D eigenvalue weighted by Crippen LogP contribution is 2.34. The topological polar surface area (TPSA) is 3.24 Å². The molecule has 10 heavy (non-hydrogen) atoms. The van der Waals surface area contributed by atoms with Gasteiger partial charge >= 0.3 is 0 Å². The van der Waals surface area contributed by atoms with Crippen LogP contribution in [0.15, 0.2) is 12.2 Å². The first-order valence-corrected chi connectivity index (χ1v) is 3.77. The van der Waals surface area contributed by atoms with E-state index in [1.807, 2.05) is 0 Å². The van der Waals surface area contributed by atoms with E-state index in [-0.39, 0.29) is 5.54 Å². The summed E-state index contributed by atoms with van der Waals surface area (Å²) in [6.07, 6.45) is 4.34. The maximum Gasteiger partial charge on any atom is 0.115 e. The Labute approximate surface area is 60.5 Å². The van der Waals surface area contributed by atoms with Crippen molar-refractivity contribution in [3.63, 3.8) is 0 Å². The molecule has 0 radical (unpaired) electrons. The molecule has 2 heterocycles. The Balaban J connectivity index is 2.22. The molecule has 2 rings (SSSR count). The molecule has 2 aliphatic heterocycles. The SMILES string of the molecule is CC12C=CCN1CC(F)C2. The Morgan fingerprint density at radius 3 is 3.20 bits per heavy atom. The largest absolute Gasteiger partial charge is 0.288 e. The van der Waals surface area contributed by atoms with Crippen LogP contribution < -0.4 is 0 Å². The van der Waals surface area contributed by atoms with Gasteiger partial charge in [0.15, 0.2) is 0 Å². The summed E-state index contributed by atoms with van der Waals surface area (Å²) in [6.45, 7) is 3.68. The first-order chi connectivity index (χ1) is 4.71. The highest BCUT2D eigenvalue weighted by Gasteiger charge is 2.41. The first kappa shape index (κ1) is 6.35.